The van der Waals surface area contributed by atoms with Gasteiger partial charge in [-0.05, 0) is 37.3 Å². The number of halogens is 2. The molecule has 0 unspecified atom stereocenters. The fourth-order valence-corrected chi connectivity index (χ4v) is 3.12. The zero-order valence-electron chi connectivity index (χ0n) is 14.8. The quantitative estimate of drug-likeness (QED) is 0.639. The Kier molecular flexibility index (Phi) is 7.60. The van der Waals surface area contributed by atoms with E-state index in [0.29, 0.717) is 17.1 Å². The molecular weight excluding hydrogens is 376 g/mol. The van der Waals surface area contributed by atoms with Crippen LogP contribution >= 0.6 is 11.8 Å². The summed E-state index contributed by atoms with van der Waals surface area (Å²) in [5.41, 5.74) is 1.54. The number of methoxy groups -OCH3 is 1. The van der Waals surface area contributed by atoms with Gasteiger partial charge in [-0.25, -0.2) is 0 Å². The van der Waals surface area contributed by atoms with Crippen LogP contribution in [0.4, 0.5) is 14.5 Å². The van der Waals surface area contributed by atoms with E-state index in [1.54, 1.807) is 24.3 Å². The first kappa shape index (κ1) is 20.7. The Balaban J connectivity index is 1.95. The van der Waals surface area contributed by atoms with E-state index in [1.807, 2.05) is 0 Å². The number of ether oxygens (including phenoxy) is 2. The molecule has 144 valence electrons. The van der Waals surface area contributed by atoms with Crippen LogP contribution in [-0.2, 0) is 10.5 Å². The van der Waals surface area contributed by atoms with Gasteiger partial charge < -0.3 is 14.8 Å². The maximum atomic E-state index is 12.4. The first-order chi connectivity index (χ1) is 12.9. The van der Waals surface area contributed by atoms with Crippen LogP contribution in [0.2, 0.25) is 0 Å². The Hall–Kier alpha value is -2.61. The van der Waals surface area contributed by atoms with Gasteiger partial charge >= 0.3 is 6.61 Å². The third kappa shape index (κ3) is 6.25. The van der Waals surface area contributed by atoms with Crippen molar-refractivity contribution in [1.29, 1.82) is 0 Å². The predicted octanol–water partition coefficient (Wildman–Crippen LogP) is 4.37. The minimum Gasteiger partial charge on any atom is -0.496 e. The summed E-state index contributed by atoms with van der Waals surface area (Å²) in [6.45, 7) is -1.50. The minimum absolute atomic E-state index is 0.0581. The minimum atomic E-state index is -2.97. The van der Waals surface area contributed by atoms with Crippen LogP contribution in [0.25, 0.3) is 0 Å². The summed E-state index contributed by atoms with van der Waals surface area (Å²) in [4.78, 5) is 23.6. The van der Waals surface area contributed by atoms with E-state index in [4.69, 9.17) is 4.74 Å². The Bertz CT molecular complexity index is 814. The molecule has 1 amide bonds. The molecule has 0 atom stereocenters. The number of nitrogens with one attached hydrogen (secondary N) is 1. The van der Waals surface area contributed by atoms with Crippen molar-refractivity contribution in [3.8, 4) is 11.5 Å². The predicted molar refractivity (Wildman–Crippen MR) is 101 cm³/mol. The van der Waals surface area contributed by atoms with Gasteiger partial charge in [0.1, 0.15) is 11.5 Å². The van der Waals surface area contributed by atoms with Gasteiger partial charge in [-0.3, -0.25) is 9.59 Å². The Morgan fingerprint density at radius 1 is 1.15 bits per heavy atom. The van der Waals surface area contributed by atoms with E-state index in [9.17, 15) is 18.4 Å². The smallest absolute Gasteiger partial charge is 0.387 e. The molecule has 2 aromatic carbocycles. The number of rotatable bonds is 9. The van der Waals surface area contributed by atoms with Crippen molar-refractivity contribution >= 4 is 29.1 Å². The molecule has 5 nitrogen and oxygen atoms in total. The van der Waals surface area contributed by atoms with Crippen LogP contribution in [0, 0.1) is 0 Å². The number of hydrogen-bond donors (Lipinski definition) is 1. The van der Waals surface area contributed by atoms with Crippen LogP contribution in [0.5, 0.6) is 11.5 Å². The lowest BCUT2D eigenvalue weighted by atomic mass is 10.1. The SMILES string of the molecule is COc1ccc(C(C)=O)cc1CSCC(=O)Nc1ccccc1OC(F)F. The Morgan fingerprint density at radius 3 is 2.56 bits per heavy atom. The number of ketones is 1. The molecule has 0 aliphatic heterocycles. The number of amides is 1. The molecule has 27 heavy (non-hydrogen) atoms. The van der Waals surface area contributed by atoms with Gasteiger partial charge in [-0.2, -0.15) is 8.78 Å². The van der Waals surface area contributed by atoms with Crippen molar-refractivity contribution < 1.29 is 27.8 Å². The summed E-state index contributed by atoms with van der Waals surface area (Å²) < 4.78 is 34.5. The average Bonchev–Trinajstić information content (AvgIpc) is 2.62. The summed E-state index contributed by atoms with van der Waals surface area (Å²) in [6, 6.07) is 11.1. The van der Waals surface area contributed by atoms with Crippen LogP contribution in [-0.4, -0.2) is 31.2 Å². The normalized spacial score (nSPS) is 10.6. The van der Waals surface area contributed by atoms with Crippen LogP contribution in [0.3, 0.4) is 0 Å². The maximum Gasteiger partial charge on any atom is 0.387 e. The van der Waals surface area contributed by atoms with Crippen LogP contribution in [0.1, 0.15) is 22.8 Å². The number of alkyl halides is 2. The van der Waals surface area contributed by atoms with Gasteiger partial charge in [0.2, 0.25) is 5.91 Å². The summed E-state index contributed by atoms with van der Waals surface area (Å²) >= 11 is 1.31. The summed E-state index contributed by atoms with van der Waals surface area (Å²) in [5.74, 6) is 0.665. The highest BCUT2D eigenvalue weighted by molar-refractivity contribution is 7.99. The topological polar surface area (TPSA) is 64.6 Å². The molecule has 0 bridgehead atoms. The van der Waals surface area contributed by atoms with E-state index in [0.717, 1.165) is 5.56 Å². The average molecular weight is 395 g/mol. The second-order valence-corrected chi connectivity index (χ2v) is 6.48. The summed E-state index contributed by atoms with van der Waals surface area (Å²) in [5, 5.41) is 2.56. The van der Waals surface area contributed by atoms with Crippen molar-refractivity contribution in [2.75, 3.05) is 18.2 Å². The number of thioether (sulfide) groups is 1. The standard InChI is InChI=1S/C19H19F2NO4S/c1-12(23)13-7-8-16(25-2)14(9-13)10-27-11-18(24)22-15-5-3-4-6-17(15)26-19(20)21/h3-9,19H,10-11H2,1-2H3,(H,22,24). The molecule has 1 N–H and O–H groups in total. The molecule has 8 heteroatoms. The highest BCUT2D eigenvalue weighted by atomic mass is 32.2. The van der Waals surface area contributed by atoms with E-state index in [1.165, 1.54) is 44.0 Å². The van der Waals surface area contributed by atoms with Gasteiger partial charge in [0.05, 0.1) is 18.6 Å². The van der Waals surface area contributed by atoms with Gasteiger partial charge in [0.25, 0.3) is 0 Å². The lowest BCUT2D eigenvalue weighted by Crippen LogP contribution is -2.15. The number of para-hydroxylation sites is 2. The highest BCUT2D eigenvalue weighted by Crippen LogP contribution is 2.27. The fourth-order valence-electron chi connectivity index (χ4n) is 2.32. The number of hydrogen-bond acceptors (Lipinski definition) is 5. The Morgan fingerprint density at radius 2 is 1.89 bits per heavy atom. The van der Waals surface area contributed by atoms with E-state index in [-0.39, 0.29) is 28.9 Å². The second kappa shape index (κ2) is 9.91. The highest BCUT2D eigenvalue weighted by Gasteiger charge is 2.12. The zero-order chi connectivity index (χ0) is 19.8. The molecule has 0 aliphatic rings. The molecular formula is C19H19F2NO4S. The second-order valence-electron chi connectivity index (χ2n) is 5.50. The van der Waals surface area contributed by atoms with Crippen molar-refractivity contribution in [2.24, 2.45) is 0 Å². The van der Waals surface area contributed by atoms with Crippen LogP contribution in [0.15, 0.2) is 42.5 Å². The van der Waals surface area contributed by atoms with Gasteiger partial charge in [-0.1, -0.05) is 12.1 Å². The van der Waals surface area contributed by atoms with Crippen molar-refractivity contribution in [2.45, 2.75) is 19.3 Å². The van der Waals surface area contributed by atoms with Crippen molar-refractivity contribution in [1.82, 2.24) is 0 Å². The number of carbonyl (C=O) groups excluding carboxylic acids is 2. The first-order valence-electron chi connectivity index (χ1n) is 8.00. The molecule has 0 heterocycles. The number of benzene rings is 2. The van der Waals surface area contributed by atoms with Crippen LogP contribution < -0.4 is 14.8 Å². The molecule has 0 radical (unpaired) electrons. The monoisotopic (exact) mass is 395 g/mol. The fraction of sp³-hybridized carbons (Fsp3) is 0.263. The molecule has 0 saturated carbocycles. The van der Waals surface area contributed by atoms with Gasteiger partial charge in [0.15, 0.2) is 5.78 Å². The van der Waals surface area contributed by atoms with E-state index >= 15 is 0 Å². The van der Waals surface area contributed by atoms with Gasteiger partial charge in [0, 0.05) is 16.9 Å². The molecule has 0 aromatic heterocycles. The first-order valence-corrected chi connectivity index (χ1v) is 9.15. The number of Topliss-reactive ketones (excluding diaryl/α,β-unsaturated/α-hetero) is 1. The maximum absolute atomic E-state index is 12.4. The van der Waals surface area contributed by atoms with Gasteiger partial charge in [-0.15, -0.1) is 11.8 Å². The van der Waals surface area contributed by atoms with Crippen molar-refractivity contribution in [3.63, 3.8) is 0 Å². The van der Waals surface area contributed by atoms with E-state index < -0.39 is 6.61 Å². The number of carbonyl (C=O) groups is 2. The molecule has 2 aromatic rings. The molecule has 0 saturated heterocycles. The summed E-state index contributed by atoms with van der Waals surface area (Å²) in [7, 11) is 1.53. The van der Waals surface area contributed by atoms with Crippen molar-refractivity contribution in [3.05, 3.63) is 53.6 Å². The Labute approximate surface area is 160 Å². The zero-order valence-corrected chi connectivity index (χ0v) is 15.6. The summed E-state index contributed by atoms with van der Waals surface area (Å²) in [6.07, 6.45) is 0. The lowest BCUT2D eigenvalue weighted by molar-refractivity contribution is -0.113. The third-order valence-corrected chi connectivity index (χ3v) is 4.54. The van der Waals surface area contributed by atoms with E-state index in [2.05, 4.69) is 10.1 Å². The molecule has 0 spiro atoms. The third-order valence-electron chi connectivity index (χ3n) is 3.55. The number of anilines is 1. The lowest BCUT2D eigenvalue weighted by Gasteiger charge is -2.12. The largest absolute Gasteiger partial charge is 0.496 e. The molecule has 2 rings (SSSR count). The molecule has 0 fully saturated rings. The molecule has 0 aliphatic carbocycles.